The van der Waals surface area contributed by atoms with Crippen LogP contribution in [0.4, 0.5) is 10.5 Å². The summed E-state index contributed by atoms with van der Waals surface area (Å²) in [6.45, 7) is 1.92. The predicted octanol–water partition coefficient (Wildman–Crippen LogP) is 4.33. The molecule has 0 saturated carbocycles. The smallest absolute Gasteiger partial charge is 0.410 e. The molecule has 0 aliphatic carbocycles. The molecule has 2 N–H and O–H groups in total. The molecule has 0 aromatic heterocycles. The maximum atomic E-state index is 12.9. The van der Waals surface area contributed by atoms with Crippen LogP contribution in [0.25, 0.3) is 0 Å². The van der Waals surface area contributed by atoms with E-state index in [0.717, 1.165) is 11.1 Å². The lowest BCUT2D eigenvalue weighted by atomic mass is 10.1. The number of amides is 2. The Balaban J connectivity index is 1.73. The molecule has 3 rings (SSSR count). The molecular formula is C23H22N2O3. The molecular weight excluding hydrogens is 352 g/mol. The fourth-order valence-electron chi connectivity index (χ4n) is 2.76. The third kappa shape index (κ3) is 5.45. The van der Waals surface area contributed by atoms with Crippen molar-refractivity contribution < 1.29 is 14.3 Å². The van der Waals surface area contributed by atoms with E-state index in [2.05, 4.69) is 10.6 Å². The molecule has 2 amide bonds. The SMILES string of the molecule is Cc1ccccc1NC(=O)[C@@H](Cc1ccccc1)NC(=O)Oc1ccccc1. The molecule has 3 aromatic rings. The van der Waals surface area contributed by atoms with Gasteiger partial charge < -0.3 is 15.4 Å². The molecule has 28 heavy (non-hydrogen) atoms. The summed E-state index contributed by atoms with van der Waals surface area (Å²) >= 11 is 0. The monoisotopic (exact) mass is 374 g/mol. The van der Waals surface area contributed by atoms with Crippen LogP contribution in [0.15, 0.2) is 84.9 Å². The summed E-state index contributed by atoms with van der Waals surface area (Å²) in [7, 11) is 0. The number of carbonyl (C=O) groups excluding carboxylic acids is 2. The molecule has 0 spiro atoms. The Kier molecular flexibility index (Phi) is 6.41. The molecule has 0 saturated heterocycles. The van der Waals surface area contributed by atoms with Crippen molar-refractivity contribution in [2.75, 3.05) is 5.32 Å². The first-order valence-corrected chi connectivity index (χ1v) is 9.05. The fraction of sp³-hybridized carbons (Fsp3) is 0.130. The van der Waals surface area contributed by atoms with Gasteiger partial charge in [0.1, 0.15) is 11.8 Å². The van der Waals surface area contributed by atoms with Crippen LogP contribution in [0.5, 0.6) is 5.75 Å². The van der Waals surface area contributed by atoms with Crippen LogP contribution in [0.3, 0.4) is 0 Å². The van der Waals surface area contributed by atoms with Crippen molar-refractivity contribution in [3.05, 3.63) is 96.1 Å². The maximum Gasteiger partial charge on any atom is 0.413 e. The Labute approximate surface area is 164 Å². The van der Waals surface area contributed by atoms with Crippen molar-refractivity contribution in [1.82, 2.24) is 5.32 Å². The Morgan fingerprint density at radius 2 is 1.46 bits per heavy atom. The largest absolute Gasteiger partial charge is 0.413 e. The van der Waals surface area contributed by atoms with Crippen molar-refractivity contribution in [1.29, 1.82) is 0 Å². The van der Waals surface area contributed by atoms with E-state index in [-0.39, 0.29) is 5.91 Å². The predicted molar refractivity (Wildman–Crippen MR) is 109 cm³/mol. The minimum atomic E-state index is -0.779. The zero-order valence-corrected chi connectivity index (χ0v) is 15.6. The average molecular weight is 374 g/mol. The molecule has 3 aromatic carbocycles. The minimum absolute atomic E-state index is 0.303. The number of hydrogen-bond acceptors (Lipinski definition) is 3. The Bertz CT molecular complexity index is 927. The van der Waals surface area contributed by atoms with Crippen LogP contribution in [0, 0.1) is 6.92 Å². The van der Waals surface area contributed by atoms with Gasteiger partial charge in [0.15, 0.2) is 0 Å². The highest BCUT2D eigenvalue weighted by atomic mass is 16.6. The van der Waals surface area contributed by atoms with E-state index in [0.29, 0.717) is 17.9 Å². The van der Waals surface area contributed by atoms with Gasteiger partial charge in [-0.3, -0.25) is 4.79 Å². The van der Waals surface area contributed by atoms with Gasteiger partial charge in [0.2, 0.25) is 5.91 Å². The lowest BCUT2D eigenvalue weighted by molar-refractivity contribution is -0.118. The third-order valence-electron chi connectivity index (χ3n) is 4.25. The van der Waals surface area contributed by atoms with E-state index >= 15 is 0 Å². The number of nitrogens with one attached hydrogen (secondary N) is 2. The normalized spacial score (nSPS) is 11.3. The molecule has 0 bridgehead atoms. The molecule has 5 nitrogen and oxygen atoms in total. The second kappa shape index (κ2) is 9.37. The molecule has 142 valence electrons. The van der Waals surface area contributed by atoms with Gasteiger partial charge in [-0.25, -0.2) is 4.79 Å². The Morgan fingerprint density at radius 1 is 0.857 bits per heavy atom. The van der Waals surface area contributed by atoms with Crippen molar-refractivity contribution >= 4 is 17.7 Å². The number of carbonyl (C=O) groups is 2. The molecule has 1 atom stereocenters. The van der Waals surface area contributed by atoms with Crippen LogP contribution in [0.1, 0.15) is 11.1 Å². The average Bonchev–Trinajstić information content (AvgIpc) is 2.71. The summed E-state index contributed by atoms with van der Waals surface area (Å²) in [5, 5.41) is 5.57. The highest BCUT2D eigenvalue weighted by molar-refractivity contribution is 5.97. The second-order valence-electron chi connectivity index (χ2n) is 6.39. The summed E-state index contributed by atoms with van der Waals surface area (Å²) in [5.41, 5.74) is 2.59. The van der Waals surface area contributed by atoms with Crippen molar-refractivity contribution in [2.45, 2.75) is 19.4 Å². The number of benzene rings is 3. The summed E-state index contributed by atoms with van der Waals surface area (Å²) in [6, 6.07) is 25.0. The fourth-order valence-corrected chi connectivity index (χ4v) is 2.76. The van der Waals surface area contributed by atoms with Crippen LogP contribution >= 0.6 is 0 Å². The van der Waals surface area contributed by atoms with Gasteiger partial charge in [0, 0.05) is 12.1 Å². The highest BCUT2D eigenvalue weighted by Crippen LogP contribution is 2.15. The number of rotatable bonds is 6. The minimum Gasteiger partial charge on any atom is -0.410 e. The zero-order chi connectivity index (χ0) is 19.8. The summed E-state index contributed by atoms with van der Waals surface area (Å²) in [6.07, 6.45) is -0.324. The highest BCUT2D eigenvalue weighted by Gasteiger charge is 2.23. The van der Waals surface area contributed by atoms with E-state index in [1.165, 1.54) is 0 Å². The summed E-state index contributed by atoms with van der Waals surface area (Å²) in [5.74, 6) is 0.112. The van der Waals surface area contributed by atoms with E-state index in [9.17, 15) is 9.59 Å². The number of hydrogen-bond donors (Lipinski definition) is 2. The standard InChI is InChI=1S/C23H22N2O3/c1-17-10-8-9-15-20(17)24-22(26)21(16-18-11-4-2-5-12-18)25-23(27)28-19-13-6-3-7-14-19/h2-15,21H,16H2,1H3,(H,24,26)(H,25,27)/t21-/m1/s1. The number of aryl methyl sites for hydroxylation is 1. The Morgan fingerprint density at radius 3 is 2.14 bits per heavy atom. The first-order chi connectivity index (χ1) is 13.6. The lowest BCUT2D eigenvalue weighted by Crippen LogP contribution is -2.46. The molecule has 5 heteroatoms. The first-order valence-electron chi connectivity index (χ1n) is 9.05. The van der Waals surface area contributed by atoms with Gasteiger partial charge in [0.25, 0.3) is 0 Å². The van der Waals surface area contributed by atoms with Gasteiger partial charge >= 0.3 is 6.09 Å². The zero-order valence-electron chi connectivity index (χ0n) is 15.6. The van der Waals surface area contributed by atoms with Gasteiger partial charge in [-0.2, -0.15) is 0 Å². The van der Waals surface area contributed by atoms with Crippen molar-refractivity contribution in [2.24, 2.45) is 0 Å². The number of anilines is 1. The van der Waals surface area contributed by atoms with Gasteiger partial charge in [-0.05, 0) is 36.2 Å². The quantitative estimate of drug-likeness (QED) is 0.675. The van der Waals surface area contributed by atoms with Crippen LogP contribution in [-0.4, -0.2) is 18.0 Å². The van der Waals surface area contributed by atoms with Gasteiger partial charge in [0.05, 0.1) is 0 Å². The van der Waals surface area contributed by atoms with E-state index in [1.54, 1.807) is 24.3 Å². The van der Waals surface area contributed by atoms with Crippen molar-refractivity contribution in [3.8, 4) is 5.75 Å². The van der Waals surface area contributed by atoms with E-state index in [4.69, 9.17) is 4.74 Å². The van der Waals surface area contributed by atoms with Gasteiger partial charge in [-0.15, -0.1) is 0 Å². The molecule has 0 heterocycles. The van der Waals surface area contributed by atoms with E-state index in [1.807, 2.05) is 67.6 Å². The molecule has 0 aliphatic heterocycles. The van der Waals surface area contributed by atoms with Crippen LogP contribution in [-0.2, 0) is 11.2 Å². The number of ether oxygens (including phenoxy) is 1. The topological polar surface area (TPSA) is 67.4 Å². The maximum absolute atomic E-state index is 12.9. The van der Waals surface area contributed by atoms with Crippen molar-refractivity contribution in [3.63, 3.8) is 0 Å². The molecule has 0 aliphatic rings. The van der Waals surface area contributed by atoms with Gasteiger partial charge in [-0.1, -0.05) is 66.7 Å². The molecule has 0 radical (unpaired) electrons. The van der Waals surface area contributed by atoms with Crippen LogP contribution < -0.4 is 15.4 Å². The summed E-state index contributed by atoms with van der Waals surface area (Å²) in [4.78, 5) is 25.2. The van der Waals surface area contributed by atoms with Crippen LogP contribution in [0.2, 0.25) is 0 Å². The Hall–Kier alpha value is -3.60. The molecule has 0 fully saturated rings. The first kappa shape index (κ1) is 19.2. The third-order valence-corrected chi connectivity index (χ3v) is 4.25. The van der Waals surface area contributed by atoms with E-state index < -0.39 is 12.1 Å². The second-order valence-corrected chi connectivity index (χ2v) is 6.39. The number of para-hydroxylation sites is 2. The molecule has 0 unspecified atom stereocenters. The summed E-state index contributed by atoms with van der Waals surface area (Å²) < 4.78 is 5.28. The lowest BCUT2D eigenvalue weighted by Gasteiger charge is -2.19.